The summed E-state index contributed by atoms with van der Waals surface area (Å²) in [5.74, 6) is 1.47. The minimum atomic E-state index is -1.38. The van der Waals surface area contributed by atoms with Gasteiger partial charge in [-0.25, -0.2) is 4.99 Å². The fourth-order valence-corrected chi connectivity index (χ4v) is 3.50. The maximum absolute atomic E-state index is 10.7. The third-order valence-electron chi connectivity index (χ3n) is 3.86. The number of rotatable bonds is 4. The lowest BCUT2D eigenvalue weighted by atomic mass is 10.1. The first-order valence-corrected chi connectivity index (χ1v) is 8.74. The van der Waals surface area contributed by atoms with Crippen molar-refractivity contribution in [1.82, 2.24) is 0 Å². The summed E-state index contributed by atoms with van der Waals surface area (Å²) in [4.78, 5) is 4.93. The van der Waals surface area contributed by atoms with Gasteiger partial charge in [0, 0.05) is 10.5 Å². The number of benzene rings is 2. The Hall–Kier alpha value is -2.64. The van der Waals surface area contributed by atoms with Crippen LogP contribution >= 0.6 is 11.8 Å². The second-order valence-electron chi connectivity index (χ2n) is 5.80. The number of ether oxygens (including phenoxy) is 2. The highest BCUT2D eigenvalue weighted by Crippen LogP contribution is 2.41. The number of nitrogens with one attached hydrogen (secondary N) is 1. The standard InChI is InChI=1S/C19H20N2O4S/c1-19(23)17(11-12-10-13(24-2)8-9-16(12)25-3)26-18(21-19)20-14-6-4-5-7-15(14)22/h4-11,22-23H,1-3H3,(H,20,21)/b17-11-. The molecule has 0 saturated heterocycles. The molecule has 1 unspecified atom stereocenters. The van der Waals surface area contributed by atoms with Crippen molar-refractivity contribution in [2.24, 2.45) is 4.99 Å². The van der Waals surface area contributed by atoms with Crippen molar-refractivity contribution in [2.75, 3.05) is 19.5 Å². The molecule has 0 saturated carbocycles. The van der Waals surface area contributed by atoms with E-state index in [9.17, 15) is 10.2 Å². The van der Waals surface area contributed by atoms with E-state index in [1.165, 1.54) is 11.8 Å². The van der Waals surface area contributed by atoms with Crippen LogP contribution in [0, 0.1) is 0 Å². The molecule has 136 valence electrons. The number of hydrogen-bond donors (Lipinski definition) is 3. The van der Waals surface area contributed by atoms with E-state index in [-0.39, 0.29) is 5.75 Å². The monoisotopic (exact) mass is 372 g/mol. The van der Waals surface area contributed by atoms with Crippen LogP contribution < -0.4 is 14.8 Å². The average molecular weight is 372 g/mol. The Morgan fingerprint density at radius 2 is 1.92 bits per heavy atom. The molecule has 0 radical (unpaired) electrons. The summed E-state index contributed by atoms with van der Waals surface area (Å²) in [7, 11) is 3.18. The van der Waals surface area contributed by atoms with E-state index >= 15 is 0 Å². The molecule has 3 N–H and O–H groups in total. The van der Waals surface area contributed by atoms with Crippen molar-refractivity contribution in [1.29, 1.82) is 0 Å². The number of aliphatic hydroxyl groups is 1. The fraction of sp³-hybridized carbons (Fsp3) is 0.211. The quantitative estimate of drug-likeness (QED) is 0.710. The summed E-state index contributed by atoms with van der Waals surface area (Å²) in [6.07, 6.45) is 1.81. The van der Waals surface area contributed by atoms with Crippen LogP contribution in [0.4, 0.5) is 5.69 Å². The van der Waals surface area contributed by atoms with E-state index in [1.807, 2.05) is 24.3 Å². The predicted octanol–water partition coefficient (Wildman–Crippen LogP) is 3.67. The molecule has 0 aliphatic carbocycles. The van der Waals surface area contributed by atoms with Gasteiger partial charge in [0.05, 0.1) is 19.9 Å². The van der Waals surface area contributed by atoms with E-state index in [0.717, 1.165) is 5.56 Å². The van der Waals surface area contributed by atoms with Crippen LogP contribution in [-0.2, 0) is 0 Å². The van der Waals surface area contributed by atoms with Crippen molar-refractivity contribution in [3.63, 3.8) is 0 Å². The van der Waals surface area contributed by atoms with Gasteiger partial charge in [0.1, 0.15) is 17.2 Å². The molecule has 0 fully saturated rings. The molecule has 3 rings (SSSR count). The largest absolute Gasteiger partial charge is 0.506 e. The van der Waals surface area contributed by atoms with E-state index in [1.54, 1.807) is 45.4 Å². The summed E-state index contributed by atoms with van der Waals surface area (Å²) in [5.41, 5.74) is -0.0886. The number of thioether (sulfide) groups is 1. The van der Waals surface area contributed by atoms with Crippen LogP contribution in [0.25, 0.3) is 6.08 Å². The fourth-order valence-electron chi connectivity index (χ4n) is 2.48. The number of hydrogen-bond acceptors (Lipinski definition) is 7. The van der Waals surface area contributed by atoms with Crippen molar-refractivity contribution >= 4 is 28.7 Å². The number of aromatic hydroxyl groups is 1. The summed E-state index contributed by atoms with van der Waals surface area (Å²) in [6.45, 7) is 1.61. The van der Waals surface area contributed by atoms with Gasteiger partial charge in [-0.3, -0.25) is 0 Å². The van der Waals surface area contributed by atoms with Gasteiger partial charge in [0.2, 0.25) is 0 Å². The Kier molecular flexibility index (Phi) is 5.11. The Morgan fingerprint density at radius 1 is 1.15 bits per heavy atom. The Morgan fingerprint density at radius 3 is 2.62 bits per heavy atom. The first-order chi connectivity index (χ1) is 12.4. The van der Waals surface area contributed by atoms with Gasteiger partial charge in [-0.05, 0) is 43.3 Å². The first-order valence-electron chi connectivity index (χ1n) is 7.92. The lowest BCUT2D eigenvalue weighted by Crippen LogP contribution is -2.19. The highest BCUT2D eigenvalue weighted by molar-refractivity contribution is 8.18. The van der Waals surface area contributed by atoms with E-state index in [2.05, 4.69) is 10.3 Å². The highest BCUT2D eigenvalue weighted by Gasteiger charge is 2.34. The molecule has 6 nitrogen and oxygen atoms in total. The van der Waals surface area contributed by atoms with Crippen LogP contribution in [0.5, 0.6) is 17.2 Å². The topological polar surface area (TPSA) is 83.3 Å². The van der Waals surface area contributed by atoms with Gasteiger partial charge in [-0.15, -0.1) is 0 Å². The summed E-state index contributed by atoms with van der Waals surface area (Å²) < 4.78 is 10.6. The maximum Gasteiger partial charge on any atom is 0.188 e. The Labute approximate surface area is 156 Å². The SMILES string of the molecule is COc1ccc(OC)c(/C=C2\SC(Nc3ccccc3O)=NC2(C)O)c1. The minimum absolute atomic E-state index is 0.113. The van der Waals surface area contributed by atoms with Crippen LogP contribution in [-0.4, -0.2) is 35.3 Å². The highest BCUT2D eigenvalue weighted by atomic mass is 32.2. The van der Waals surface area contributed by atoms with E-state index in [0.29, 0.717) is 27.3 Å². The van der Waals surface area contributed by atoms with Crippen molar-refractivity contribution in [3.8, 4) is 17.2 Å². The third-order valence-corrected chi connectivity index (χ3v) is 4.97. The van der Waals surface area contributed by atoms with Gasteiger partial charge >= 0.3 is 0 Å². The second-order valence-corrected chi connectivity index (χ2v) is 6.83. The number of amidine groups is 1. The maximum atomic E-state index is 10.7. The van der Waals surface area contributed by atoms with E-state index < -0.39 is 5.72 Å². The minimum Gasteiger partial charge on any atom is -0.506 e. The zero-order chi connectivity index (χ0) is 18.7. The number of para-hydroxylation sites is 2. The predicted molar refractivity (Wildman–Crippen MR) is 105 cm³/mol. The molecular formula is C19H20N2O4S. The van der Waals surface area contributed by atoms with Gasteiger partial charge in [0.25, 0.3) is 0 Å². The van der Waals surface area contributed by atoms with Crippen molar-refractivity contribution in [2.45, 2.75) is 12.6 Å². The first kappa shape index (κ1) is 18.2. The van der Waals surface area contributed by atoms with Crippen LogP contribution in [0.3, 0.4) is 0 Å². The number of anilines is 1. The molecule has 0 amide bonds. The summed E-state index contributed by atoms with van der Waals surface area (Å²) in [6, 6.07) is 12.3. The summed E-state index contributed by atoms with van der Waals surface area (Å²) in [5, 5.41) is 24.1. The van der Waals surface area contributed by atoms with Gasteiger partial charge in [-0.2, -0.15) is 0 Å². The Bertz CT molecular complexity index is 878. The molecule has 26 heavy (non-hydrogen) atoms. The Balaban J connectivity index is 1.89. The van der Waals surface area contributed by atoms with Crippen LogP contribution in [0.1, 0.15) is 12.5 Å². The number of nitrogens with zero attached hydrogens (tertiary/aromatic N) is 1. The van der Waals surface area contributed by atoms with Crippen LogP contribution in [0.15, 0.2) is 52.4 Å². The molecule has 2 aromatic carbocycles. The molecule has 0 aromatic heterocycles. The van der Waals surface area contributed by atoms with Gasteiger partial charge < -0.3 is 25.0 Å². The van der Waals surface area contributed by atoms with Gasteiger partial charge in [-0.1, -0.05) is 23.9 Å². The number of methoxy groups -OCH3 is 2. The zero-order valence-electron chi connectivity index (χ0n) is 14.7. The molecule has 1 aliphatic heterocycles. The van der Waals surface area contributed by atoms with Gasteiger partial charge in [0.15, 0.2) is 10.9 Å². The third kappa shape index (κ3) is 3.79. The number of aliphatic imine (C=N–C) groups is 1. The number of phenols is 1. The van der Waals surface area contributed by atoms with E-state index in [4.69, 9.17) is 9.47 Å². The van der Waals surface area contributed by atoms with Crippen LogP contribution in [0.2, 0.25) is 0 Å². The summed E-state index contributed by atoms with van der Waals surface area (Å²) >= 11 is 1.29. The molecular weight excluding hydrogens is 352 g/mol. The molecule has 1 atom stereocenters. The normalized spacial score (nSPS) is 20.8. The van der Waals surface area contributed by atoms with Crippen molar-refractivity contribution < 1.29 is 19.7 Å². The molecule has 7 heteroatoms. The smallest absolute Gasteiger partial charge is 0.188 e. The molecule has 0 bridgehead atoms. The number of phenolic OH excluding ortho intramolecular Hbond substituents is 1. The second kappa shape index (κ2) is 7.31. The lowest BCUT2D eigenvalue weighted by Gasteiger charge is -2.15. The molecule has 0 spiro atoms. The zero-order valence-corrected chi connectivity index (χ0v) is 15.5. The molecule has 1 heterocycles. The molecule has 2 aromatic rings. The lowest BCUT2D eigenvalue weighted by molar-refractivity contribution is 0.121. The average Bonchev–Trinajstić information content (AvgIpc) is 2.90. The molecule has 1 aliphatic rings. The van der Waals surface area contributed by atoms with Crippen molar-refractivity contribution in [3.05, 3.63) is 52.9 Å².